The lowest BCUT2D eigenvalue weighted by Crippen LogP contribution is -2.61. The standard InChI is InChI=1S/C83H137N29O30S2/c1-8-39(5)64(79(139)97-29-59(120)98-41(7)66(126)102-46(19-20-56(85)117)71(131)108-51(33-114)70(130)96-30-61(122)100-47(23-38(3)4)68(128)95-31-62(123)101-54(36-143)77(137)105-49(25-57(86)118)74(134)109-53(35-116)81(141)142)111-73(133)45(18-14-22-92-83(89)90)103-75(135)50(26-63(124)125)106-80(140)65(40(6)9-2)112-72(132)44(17-13-21-91-82(87)88)99-60(121)28-93-58(119)27-94-69(129)48(24-42-15-11-10-12-16-42)104-78(138)55(37-144)110-76(136)52(34-115)107-67(127)43(84)32-113/h10-12,15-16,38-41,43-55,64-65,113-116,143-144H,8-9,13-14,17-37,84H2,1-7H3,(H2,85,117)(H2,86,118)(H,93,119)(H,94,129)(H,95,128)(H,96,130)(H,97,139)(H,98,120)(H,99,121)(H,100,122)(H,101,123)(H,102,126)(H,103,135)(H,104,138)(H,105,137)(H,106,140)(H,107,127)(H,108,131)(H,109,134)(H,110,136)(H,111,133)(H,112,132)(H,124,125)(H,141,142)(H4,87,88,91)(H4,89,90,92)/t39-,40-,41-,43-,44-,45-,46-,47-,48-,49-,50-,51-,52-,53-,54-,55-,64-,65-/m0/s1. The molecule has 0 aliphatic rings. The monoisotopic (exact) mass is 2080 g/mol. The average molecular weight is 2090 g/mol. The van der Waals surface area contributed by atoms with Crippen LogP contribution in [0.1, 0.15) is 125 Å². The number of benzene rings is 1. The molecule has 0 saturated heterocycles. The summed E-state index contributed by atoms with van der Waals surface area (Å²) in [6.07, 6.45) is -3.82. The number of thiol groups is 2. The molecular formula is C83H137N29O30S2. The molecule has 0 radical (unpaired) electrons. The Labute approximate surface area is 837 Å². The van der Waals surface area contributed by atoms with Crippen LogP contribution in [0.15, 0.2) is 30.3 Å². The van der Waals surface area contributed by atoms with Gasteiger partial charge in [0.2, 0.25) is 130 Å². The van der Waals surface area contributed by atoms with Crippen molar-refractivity contribution in [2.24, 2.45) is 46.4 Å². The molecule has 22 amide bonds. The number of hydrogen-bond acceptors (Lipinski definition) is 33. The highest BCUT2D eigenvalue weighted by Gasteiger charge is 2.40. The summed E-state index contributed by atoms with van der Waals surface area (Å²) in [5.74, 6) is -30.8. The van der Waals surface area contributed by atoms with E-state index in [1.807, 2.05) is 5.32 Å². The largest absolute Gasteiger partial charge is 0.481 e. The van der Waals surface area contributed by atoms with Crippen LogP contribution in [0, 0.1) is 28.6 Å². The molecule has 1 rings (SSSR count). The van der Waals surface area contributed by atoms with Crippen LogP contribution >= 0.6 is 25.3 Å². The number of carbonyl (C=O) groups is 24. The summed E-state index contributed by atoms with van der Waals surface area (Å²) < 4.78 is 0. The molecule has 0 bridgehead atoms. The fourth-order valence-corrected chi connectivity index (χ4v) is 13.1. The van der Waals surface area contributed by atoms with Gasteiger partial charge >= 0.3 is 11.9 Å². The van der Waals surface area contributed by atoms with Crippen LogP contribution in [0.3, 0.4) is 0 Å². The van der Waals surface area contributed by atoms with Crippen molar-refractivity contribution in [1.82, 2.24) is 117 Å². The van der Waals surface area contributed by atoms with Crippen molar-refractivity contribution in [3.63, 3.8) is 0 Å². The molecule has 40 N–H and O–H groups in total. The Kier molecular flexibility index (Phi) is 60.1. The van der Waals surface area contributed by atoms with Crippen LogP contribution in [-0.4, -0.2) is 365 Å². The van der Waals surface area contributed by atoms with Gasteiger partial charge in [-0.3, -0.25) is 121 Å². The van der Waals surface area contributed by atoms with Crippen molar-refractivity contribution in [3.8, 4) is 0 Å². The number of aliphatic hydroxyl groups excluding tert-OH is 4. The molecule has 0 heterocycles. The maximum Gasteiger partial charge on any atom is 0.328 e. The van der Waals surface area contributed by atoms with E-state index in [-0.39, 0.29) is 76.1 Å². The van der Waals surface area contributed by atoms with Gasteiger partial charge in [-0.15, -0.1) is 0 Å². The number of guanidine groups is 2. The summed E-state index contributed by atoms with van der Waals surface area (Å²) in [7, 11) is 0. The highest BCUT2D eigenvalue weighted by Crippen LogP contribution is 2.15. The van der Waals surface area contributed by atoms with Gasteiger partial charge < -0.3 is 176 Å². The van der Waals surface area contributed by atoms with Crippen LogP contribution in [-0.2, 0) is 121 Å². The first-order valence-electron chi connectivity index (χ1n) is 45.2. The number of nitrogens with two attached hydrogens (primary N) is 5. The number of amides is 22. The zero-order valence-electron chi connectivity index (χ0n) is 80.3. The summed E-state index contributed by atoms with van der Waals surface area (Å²) >= 11 is 8.14. The number of carbonyl (C=O) groups excluding carboxylic acids is 22. The minimum atomic E-state index is -2.05. The lowest BCUT2D eigenvalue weighted by atomic mass is 9.96. The van der Waals surface area contributed by atoms with Gasteiger partial charge in [-0.25, -0.2) is 4.79 Å². The van der Waals surface area contributed by atoms with Gasteiger partial charge in [0.1, 0.15) is 96.7 Å². The first-order valence-corrected chi connectivity index (χ1v) is 46.5. The van der Waals surface area contributed by atoms with E-state index in [0.717, 1.165) is 6.92 Å². The molecule has 0 saturated carbocycles. The third-order valence-electron chi connectivity index (χ3n) is 21.0. The molecule has 61 heteroatoms. The third-order valence-corrected chi connectivity index (χ3v) is 21.7. The molecule has 59 nitrogen and oxygen atoms in total. The summed E-state index contributed by atoms with van der Waals surface area (Å²) in [5.41, 5.74) is 27.5. The van der Waals surface area contributed by atoms with E-state index in [9.17, 15) is 146 Å². The van der Waals surface area contributed by atoms with Gasteiger partial charge in [-0.05, 0) is 68.8 Å². The smallest absolute Gasteiger partial charge is 0.328 e. The van der Waals surface area contributed by atoms with Crippen molar-refractivity contribution in [2.45, 2.75) is 222 Å². The van der Waals surface area contributed by atoms with E-state index in [1.165, 1.54) is 13.8 Å². The molecule has 0 fully saturated rings. The Morgan fingerprint density at radius 3 is 1.15 bits per heavy atom. The van der Waals surface area contributed by atoms with Crippen molar-refractivity contribution < 1.29 is 146 Å². The number of carboxylic acid groups (broad SMARTS) is 2. The average Bonchev–Trinajstić information content (AvgIpc) is 0.853. The number of carboxylic acids is 2. The van der Waals surface area contributed by atoms with E-state index < -0.39 is 353 Å². The molecule has 144 heavy (non-hydrogen) atoms. The van der Waals surface area contributed by atoms with Crippen molar-refractivity contribution >= 4 is 179 Å². The second kappa shape index (κ2) is 67.9. The minimum absolute atomic E-state index is 0.00171. The molecule has 18 atom stereocenters. The zero-order valence-corrected chi connectivity index (χ0v) is 82.1. The molecular weight excluding hydrogens is 1950 g/mol. The van der Waals surface area contributed by atoms with E-state index in [1.54, 1.807) is 58.0 Å². The maximum absolute atomic E-state index is 14.5. The van der Waals surface area contributed by atoms with Gasteiger partial charge in [0, 0.05) is 37.4 Å². The molecule has 1 aromatic rings. The van der Waals surface area contributed by atoms with Crippen LogP contribution in [0.5, 0.6) is 0 Å². The lowest BCUT2D eigenvalue weighted by molar-refractivity contribution is -0.143. The van der Waals surface area contributed by atoms with E-state index in [0.29, 0.717) is 5.56 Å². The molecule has 0 aliphatic carbocycles. The normalized spacial score (nSPS) is 14.6. The van der Waals surface area contributed by atoms with E-state index in [2.05, 4.69) is 137 Å². The summed E-state index contributed by atoms with van der Waals surface area (Å²) in [6.45, 7) is 2.13. The van der Waals surface area contributed by atoms with Crippen LogP contribution < -0.4 is 146 Å². The van der Waals surface area contributed by atoms with Crippen LogP contribution in [0.25, 0.3) is 0 Å². The Morgan fingerprint density at radius 2 is 0.688 bits per heavy atom. The number of aliphatic carboxylic acids is 2. The number of primary amides is 2. The molecule has 0 spiro atoms. The van der Waals surface area contributed by atoms with Gasteiger partial charge in [0.15, 0.2) is 11.9 Å². The van der Waals surface area contributed by atoms with Gasteiger partial charge in [-0.2, -0.15) is 25.3 Å². The first-order chi connectivity index (χ1) is 67.7. The Balaban J connectivity index is 3.36. The predicted molar refractivity (Wildman–Crippen MR) is 513 cm³/mol. The quantitative estimate of drug-likeness (QED) is 0.0125. The lowest BCUT2D eigenvalue weighted by Gasteiger charge is -2.29. The number of rotatable bonds is 70. The Morgan fingerprint density at radius 1 is 0.340 bits per heavy atom. The highest BCUT2D eigenvalue weighted by molar-refractivity contribution is 7.80. The molecule has 0 aliphatic heterocycles. The van der Waals surface area contributed by atoms with Gasteiger partial charge in [0.25, 0.3) is 0 Å². The van der Waals surface area contributed by atoms with Crippen molar-refractivity contribution in [1.29, 1.82) is 10.8 Å². The topological polar surface area (TPSA) is 974 Å². The molecule has 0 aromatic heterocycles. The minimum Gasteiger partial charge on any atom is -0.481 e. The zero-order chi connectivity index (χ0) is 109. The SMILES string of the molecule is CC[C@H](C)[C@H](NC(=O)[C@H](CCCNC(=N)N)NC(=O)[C@H](CC(=O)O)NC(=O)[C@@H](NC(=O)[C@H](CCCNC(=N)N)NC(=O)CNC(=O)CNC(=O)[C@H](Cc1ccccc1)NC(=O)[C@H](CS)NC(=O)[C@H](CO)NC(=O)[C@@H](N)CO)[C@@H](C)CC)C(=O)NCC(=O)N[C@@H](C)C(=O)N[C@@H](CCC(N)=O)C(=O)N[C@@H](CO)C(=O)NCC(=O)N[C@@H](CC(C)C)C(=O)NCC(=O)N[C@@H](CS)C(=O)N[C@@H](CC(N)=O)C(=O)N[C@@H](CO)C(=O)O. The second-order valence-electron chi connectivity index (χ2n) is 33.2. The summed E-state index contributed by atoms with van der Waals surface area (Å²) in [5, 5.41) is 124. The number of nitrogens with one attached hydrogen (secondary N) is 24. The summed E-state index contributed by atoms with van der Waals surface area (Å²) in [6, 6.07) is -18.2. The fourth-order valence-electron chi connectivity index (χ4n) is 12.6. The number of hydrogen-bond donors (Lipinski definition) is 37. The molecule has 1 aromatic carbocycles. The van der Waals surface area contributed by atoms with E-state index in [4.69, 9.17) is 39.5 Å². The van der Waals surface area contributed by atoms with Crippen LogP contribution in [0.2, 0.25) is 0 Å². The van der Waals surface area contributed by atoms with E-state index >= 15 is 0 Å². The first kappa shape index (κ1) is 128. The second-order valence-corrected chi connectivity index (χ2v) is 33.9. The van der Waals surface area contributed by atoms with Gasteiger partial charge in [0.05, 0.1) is 72.0 Å². The predicted octanol–water partition coefficient (Wildman–Crippen LogP) is -16.4. The maximum atomic E-state index is 14.5. The Bertz CT molecular complexity index is 4610. The van der Waals surface area contributed by atoms with Crippen LogP contribution in [0.4, 0.5) is 0 Å². The molecule has 0 unspecified atom stereocenters. The van der Waals surface area contributed by atoms with Crippen molar-refractivity contribution in [3.05, 3.63) is 35.9 Å². The summed E-state index contributed by atoms with van der Waals surface area (Å²) in [4.78, 5) is 319. The Hall–Kier alpha value is -14.5. The number of aliphatic hydroxyl groups is 4. The molecule has 806 valence electrons. The third kappa shape index (κ3) is 50.3. The van der Waals surface area contributed by atoms with Gasteiger partial charge in [-0.1, -0.05) is 84.7 Å². The van der Waals surface area contributed by atoms with Crippen molar-refractivity contribution in [2.75, 3.05) is 83.7 Å². The fraction of sp³-hybridized carbons (Fsp3) is 0.614. The highest BCUT2D eigenvalue weighted by atomic mass is 32.1.